The van der Waals surface area contributed by atoms with Crippen LogP contribution < -0.4 is 4.74 Å². The van der Waals surface area contributed by atoms with Gasteiger partial charge in [0, 0.05) is 23.0 Å². The van der Waals surface area contributed by atoms with E-state index in [0.29, 0.717) is 35.2 Å². The third-order valence-electron chi connectivity index (χ3n) is 5.15. The van der Waals surface area contributed by atoms with E-state index in [4.69, 9.17) is 29.9 Å². The average molecular weight is 475 g/mol. The monoisotopic (exact) mass is 474 g/mol. The molecule has 2 aromatic carbocycles. The van der Waals surface area contributed by atoms with Crippen molar-refractivity contribution in [2.24, 2.45) is 0 Å². The molecule has 0 aliphatic carbocycles. The second-order valence-corrected chi connectivity index (χ2v) is 8.71. The molecule has 0 saturated carbocycles. The molecule has 0 radical (unpaired) electrons. The second kappa shape index (κ2) is 10.2. The molecule has 8 heteroatoms. The number of ether oxygens (including phenoxy) is 3. The predicted octanol–water partition coefficient (Wildman–Crippen LogP) is 5.39. The van der Waals surface area contributed by atoms with Gasteiger partial charge >= 0.3 is 12.1 Å². The number of thiophene rings is 1. The van der Waals surface area contributed by atoms with Crippen molar-refractivity contribution in [3.8, 4) is 5.06 Å². The minimum atomic E-state index is -2.87. The summed E-state index contributed by atoms with van der Waals surface area (Å²) < 4.78 is 37.3. The number of fused-ring (bicyclic) bond motifs is 1. The van der Waals surface area contributed by atoms with Gasteiger partial charge in [0.15, 0.2) is 5.06 Å². The molecule has 1 atom stereocenters. The Balaban J connectivity index is 1.47. The third kappa shape index (κ3) is 5.12. The summed E-state index contributed by atoms with van der Waals surface area (Å²) in [6, 6.07) is 16.8. The minimum Gasteiger partial charge on any atom is -0.468 e. The molecule has 4 rings (SSSR count). The molecule has 32 heavy (non-hydrogen) atoms. The van der Waals surface area contributed by atoms with Crippen LogP contribution in [0.25, 0.3) is 0 Å². The maximum Gasteiger partial charge on any atom is 0.514 e. The van der Waals surface area contributed by atoms with E-state index in [1.165, 1.54) is 11.3 Å². The van der Waals surface area contributed by atoms with Crippen molar-refractivity contribution >= 4 is 35.1 Å². The summed E-state index contributed by atoms with van der Waals surface area (Å²) in [4.78, 5) is 27.9. The summed E-state index contributed by atoms with van der Waals surface area (Å²) in [6.07, 6.45) is -0.232. The lowest BCUT2D eigenvalue weighted by Gasteiger charge is -2.33. The van der Waals surface area contributed by atoms with E-state index < -0.39 is 25.2 Å². The smallest absolute Gasteiger partial charge is 0.468 e. The largest absolute Gasteiger partial charge is 0.514 e. The molecule has 0 amide bonds. The molecule has 0 saturated heterocycles. The molecular weight excluding hydrogens is 450 g/mol. The molecule has 0 N–H and O–H groups in total. The standard InChI is InChI=1S/C24H22ClNO5S/c1-29-23(27)22(18-9-5-6-10-19(18)25)26-12-11-20-17(14-26)13-21(32-20)31-24(28)30-15-16-7-3-2-4-8-16/h2-10,13,22H,11-12,14-15H2,1H3/t22-/m0/s1/i1D3. The first-order valence-electron chi connectivity index (χ1n) is 11.4. The number of carbonyl (C=O) groups excluding carboxylic acids is 2. The Kier molecular flexibility index (Phi) is 5.93. The van der Waals surface area contributed by atoms with Crippen LogP contribution in [0.2, 0.25) is 5.02 Å². The van der Waals surface area contributed by atoms with E-state index in [-0.39, 0.29) is 6.61 Å². The molecule has 166 valence electrons. The van der Waals surface area contributed by atoms with Crippen molar-refractivity contribution in [2.75, 3.05) is 13.6 Å². The van der Waals surface area contributed by atoms with Crippen molar-refractivity contribution in [1.82, 2.24) is 4.90 Å². The molecule has 1 aromatic heterocycles. The van der Waals surface area contributed by atoms with Crippen molar-refractivity contribution in [2.45, 2.75) is 25.6 Å². The van der Waals surface area contributed by atoms with Crippen molar-refractivity contribution < 1.29 is 27.9 Å². The lowest BCUT2D eigenvalue weighted by atomic mass is 10.0. The number of carbonyl (C=O) groups is 2. The number of hydrogen-bond acceptors (Lipinski definition) is 7. The summed E-state index contributed by atoms with van der Waals surface area (Å²) in [5.74, 6) is -0.905. The molecule has 0 fully saturated rings. The number of nitrogens with zero attached hydrogens (tertiary/aromatic N) is 1. The van der Waals surface area contributed by atoms with Gasteiger partial charge in [-0.05, 0) is 35.2 Å². The topological polar surface area (TPSA) is 65.1 Å². The first-order chi connectivity index (χ1) is 16.7. The average Bonchev–Trinajstić information content (AvgIpc) is 3.20. The first-order valence-corrected chi connectivity index (χ1v) is 11.1. The highest BCUT2D eigenvalue weighted by Crippen LogP contribution is 2.37. The maximum atomic E-state index is 12.9. The van der Waals surface area contributed by atoms with Crippen LogP contribution in [0.5, 0.6) is 5.06 Å². The van der Waals surface area contributed by atoms with Crippen LogP contribution in [-0.2, 0) is 33.8 Å². The molecule has 1 aliphatic heterocycles. The molecule has 1 aliphatic rings. The Labute approximate surface area is 199 Å². The Bertz CT molecular complexity index is 1200. The number of halogens is 1. The Hall–Kier alpha value is -2.87. The predicted molar refractivity (Wildman–Crippen MR) is 122 cm³/mol. The van der Waals surface area contributed by atoms with Gasteiger partial charge < -0.3 is 14.2 Å². The van der Waals surface area contributed by atoms with Crippen LogP contribution in [0.15, 0.2) is 60.7 Å². The van der Waals surface area contributed by atoms with E-state index in [1.807, 2.05) is 35.2 Å². The quantitative estimate of drug-likeness (QED) is 0.446. The Morgan fingerprint density at radius 1 is 1.19 bits per heavy atom. The van der Waals surface area contributed by atoms with Gasteiger partial charge in [-0.3, -0.25) is 4.90 Å². The van der Waals surface area contributed by atoms with Gasteiger partial charge in [0.05, 0.1) is 11.2 Å². The summed E-state index contributed by atoms with van der Waals surface area (Å²) in [5, 5.41) is 0.718. The van der Waals surface area contributed by atoms with Gasteiger partial charge in [0.25, 0.3) is 0 Å². The number of esters is 1. The van der Waals surface area contributed by atoms with Gasteiger partial charge in [-0.1, -0.05) is 60.1 Å². The van der Waals surface area contributed by atoms with Gasteiger partial charge in [-0.15, -0.1) is 11.3 Å². The van der Waals surface area contributed by atoms with E-state index in [0.717, 1.165) is 16.0 Å². The molecule has 0 bridgehead atoms. The first kappa shape index (κ1) is 18.7. The van der Waals surface area contributed by atoms with Gasteiger partial charge in [0.2, 0.25) is 0 Å². The summed E-state index contributed by atoms with van der Waals surface area (Å²) in [6.45, 7) is 0.876. The highest BCUT2D eigenvalue weighted by atomic mass is 35.5. The fourth-order valence-electron chi connectivity index (χ4n) is 3.65. The van der Waals surface area contributed by atoms with Gasteiger partial charge in [-0.2, -0.15) is 0 Å². The number of benzene rings is 2. The normalized spacial score (nSPS) is 16.1. The van der Waals surface area contributed by atoms with Gasteiger partial charge in [0.1, 0.15) is 12.6 Å². The van der Waals surface area contributed by atoms with Gasteiger partial charge in [-0.25, -0.2) is 9.59 Å². The highest BCUT2D eigenvalue weighted by Gasteiger charge is 2.33. The van der Waals surface area contributed by atoms with Crippen LogP contribution in [0.4, 0.5) is 4.79 Å². The zero-order valence-electron chi connectivity index (χ0n) is 20.0. The molecule has 6 nitrogen and oxygen atoms in total. The Morgan fingerprint density at radius 2 is 1.97 bits per heavy atom. The second-order valence-electron chi connectivity index (χ2n) is 7.21. The van der Waals surface area contributed by atoms with Crippen molar-refractivity contribution in [3.63, 3.8) is 0 Å². The van der Waals surface area contributed by atoms with Crippen LogP contribution in [-0.4, -0.2) is 30.6 Å². The zero-order chi connectivity index (χ0) is 25.0. The fourth-order valence-corrected chi connectivity index (χ4v) is 4.89. The Morgan fingerprint density at radius 3 is 2.75 bits per heavy atom. The molecule has 3 aromatic rings. The van der Waals surface area contributed by atoms with E-state index >= 15 is 0 Å². The molecule has 0 unspecified atom stereocenters. The highest BCUT2D eigenvalue weighted by molar-refractivity contribution is 7.14. The van der Waals surface area contributed by atoms with E-state index in [1.54, 1.807) is 30.3 Å². The van der Waals surface area contributed by atoms with Crippen molar-refractivity contribution in [3.05, 3.63) is 87.3 Å². The lowest BCUT2D eigenvalue weighted by Crippen LogP contribution is -2.38. The molecule has 0 spiro atoms. The van der Waals surface area contributed by atoms with Crippen LogP contribution >= 0.6 is 22.9 Å². The van der Waals surface area contributed by atoms with E-state index in [2.05, 4.69) is 0 Å². The number of hydrogen-bond donors (Lipinski definition) is 0. The van der Waals surface area contributed by atoms with Crippen molar-refractivity contribution in [1.29, 1.82) is 0 Å². The third-order valence-corrected chi connectivity index (χ3v) is 6.61. The zero-order valence-corrected chi connectivity index (χ0v) is 18.5. The SMILES string of the molecule is [2H]C([2H])([2H])OC(=O)[C@H](c1ccccc1Cl)N1CCc2sc(OC(=O)OCc3ccccc3)cc2C1. The van der Waals surface area contributed by atoms with Crippen LogP contribution in [0, 0.1) is 0 Å². The summed E-state index contributed by atoms with van der Waals surface area (Å²) in [7, 11) is -2.87. The summed E-state index contributed by atoms with van der Waals surface area (Å²) in [5.41, 5.74) is 2.18. The van der Waals surface area contributed by atoms with Crippen LogP contribution in [0.1, 0.15) is 31.7 Å². The number of rotatable bonds is 6. The van der Waals surface area contributed by atoms with Crippen LogP contribution in [0.3, 0.4) is 0 Å². The number of methoxy groups -OCH3 is 1. The molecule has 2 heterocycles. The molecular formula is C24H22ClNO5S. The summed E-state index contributed by atoms with van der Waals surface area (Å²) >= 11 is 7.68. The maximum absolute atomic E-state index is 12.9. The minimum absolute atomic E-state index is 0.101. The lowest BCUT2D eigenvalue weighted by molar-refractivity contribution is -0.147. The fraction of sp³-hybridized carbons (Fsp3) is 0.250. The van der Waals surface area contributed by atoms with E-state index in [9.17, 15) is 9.59 Å².